The molecule has 1 aliphatic rings. The number of aryl methyl sites for hydroxylation is 1. The second-order valence-corrected chi connectivity index (χ2v) is 9.91. The Hall–Kier alpha value is -0.470. The number of likely N-dealkylation sites (N-methyl/N-ethyl adjacent to an activating group) is 2. The van der Waals surface area contributed by atoms with E-state index in [9.17, 15) is 8.42 Å². The van der Waals surface area contributed by atoms with Crippen LogP contribution in [0.2, 0.25) is 0 Å². The number of hydrogen-bond donors (Lipinski definition) is 0. The molecule has 132 valence electrons. The molecule has 0 amide bonds. The van der Waals surface area contributed by atoms with E-state index < -0.39 is 10.0 Å². The van der Waals surface area contributed by atoms with Crippen LogP contribution in [0.15, 0.2) is 16.3 Å². The van der Waals surface area contributed by atoms with Crippen molar-refractivity contribution in [1.82, 2.24) is 14.1 Å². The van der Waals surface area contributed by atoms with Crippen LogP contribution < -0.4 is 0 Å². The Labute approximate surface area is 144 Å². The molecule has 0 saturated carbocycles. The van der Waals surface area contributed by atoms with Gasteiger partial charge in [0.05, 0.1) is 0 Å². The van der Waals surface area contributed by atoms with E-state index in [1.54, 1.807) is 10.4 Å². The molecule has 2 heterocycles. The van der Waals surface area contributed by atoms with Crippen molar-refractivity contribution in [2.24, 2.45) is 0 Å². The predicted octanol–water partition coefficient (Wildman–Crippen LogP) is 2.09. The van der Waals surface area contributed by atoms with Crippen molar-refractivity contribution < 1.29 is 8.42 Å². The monoisotopic (exact) mass is 359 g/mol. The van der Waals surface area contributed by atoms with Gasteiger partial charge in [-0.05, 0) is 59.1 Å². The summed E-state index contributed by atoms with van der Waals surface area (Å²) in [6.07, 6.45) is 2.25. The number of sulfonamides is 1. The maximum Gasteiger partial charge on any atom is 0.252 e. The minimum atomic E-state index is -3.40. The van der Waals surface area contributed by atoms with Crippen molar-refractivity contribution in [3.05, 3.63) is 17.0 Å². The standard InChI is InChI=1S/C16H29N3O2S2/c1-5-18-10-6-7-15(18)13-19(12-11-17(3)4)23(20,21)16-9-8-14(2)22-16/h8-9,15H,5-7,10-13H2,1-4H3/t15-/m1/s1. The molecule has 0 N–H and O–H groups in total. The Morgan fingerprint density at radius 3 is 2.61 bits per heavy atom. The van der Waals surface area contributed by atoms with Crippen molar-refractivity contribution in [2.75, 3.05) is 46.8 Å². The zero-order valence-electron chi connectivity index (χ0n) is 14.7. The number of hydrogen-bond acceptors (Lipinski definition) is 5. The van der Waals surface area contributed by atoms with Gasteiger partial charge >= 0.3 is 0 Å². The predicted molar refractivity (Wildman–Crippen MR) is 96.6 cm³/mol. The van der Waals surface area contributed by atoms with Crippen LogP contribution in [0.3, 0.4) is 0 Å². The smallest absolute Gasteiger partial charge is 0.252 e. The van der Waals surface area contributed by atoms with E-state index in [1.165, 1.54) is 11.3 Å². The maximum absolute atomic E-state index is 13.0. The second kappa shape index (κ2) is 8.07. The highest BCUT2D eigenvalue weighted by molar-refractivity contribution is 7.91. The summed E-state index contributed by atoms with van der Waals surface area (Å²) in [5.41, 5.74) is 0. The first-order chi connectivity index (χ1) is 10.8. The van der Waals surface area contributed by atoms with Crippen LogP contribution in [0.1, 0.15) is 24.6 Å². The van der Waals surface area contributed by atoms with E-state index in [4.69, 9.17) is 0 Å². The van der Waals surface area contributed by atoms with Gasteiger partial charge < -0.3 is 4.90 Å². The lowest BCUT2D eigenvalue weighted by Crippen LogP contribution is -2.45. The Bertz CT molecular complexity index is 598. The third kappa shape index (κ3) is 4.76. The average molecular weight is 360 g/mol. The van der Waals surface area contributed by atoms with Gasteiger partial charge in [-0.1, -0.05) is 6.92 Å². The lowest BCUT2D eigenvalue weighted by molar-refractivity contribution is 0.220. The minimum Gasteiger partial charge on any atom is -0.308 e. The largest absolute Gasteiger partial charge is 0.308 e. The second-order valence-electron chi connectivity index (χ2n) is 6.46. The summed E-state index contributed by atoms with van der Waals surface area (Å²) in [6, 6.07) is 3.97. The van der Waals surface area contributed by atoms with Gasteiger partial charge in [0.1, 0.15) is 4.21 Å². The van der Waals surface area contributed by atoms with Crippen LogP contribution in [-0.4, -0.2) is 75.4 Å². The van der Waals surface area contributed by atoms with Crippen LogP contribution in [-0.2, 0) is 10.0 Å². The van der Waals surface area contributed by atoms with E-state index in [1.807, 2.05) is 32.0 Å². The summed E-state index contributed by atoms with van der Waals surface area (Å²) < 4.78 is 28.2. The number of likely N-dealkylation sites (tertiary alicyclic amines) is 1. The summed E-state index contributed by atoms with van der Waals surface area (Å²) >= 11 is 1.36. The first-order valence-corrected chi connectivity index (χ1v) is 10.6. The molecule has 1 aliphatic heterocycles. The van der Waals surface area contributed by atoms with Crippen molar-refractivity contribution in [3.8, 4) is 0 Å². The zero-order chi connectivity index (χ0) is 17.0. The molecule has 0 spiro atoms. The fraction of sp³-hybridized carbons (Fsp3) is 0.750. The van der Waals surface area contributed by atoms with Crippen molar-refractivity contribution in [3.63, 3.8) is 0 Å². The van der Waals surface area contributed by atoms with Crippen LogP contribution in [0.4, 0.5) is 0 Å². The summed E-state index contributed by atoms with van der Waals surface area (Å²) in [7, 11) is 0.564. The molecule has 1 saturated heterocycles. The van der Waals surface area contributed by atoms with Crippen molar-refractivity contribution in [2.45, 2.75) is 36.9 Å². The molecule has 0 radical (unpaired) electrons. The van der Waals surface area contributed by atoms with Gasteiger partial charge in [0.2, 0.25) is 0 Å². The van der Waals surface area contributed by atoms with Crippen LogP contribution in [0, 0.1) is 6.92 Å². The fourth-order valence-corrected chi connectivity index (χ4v) is 5.96. The van der Waals surface area contributed by atoms with Gasteiger partial charge in [-0.3, -0.25) is 4.90 Å². The summed E-state index contributed by atoms with van der Waals surface area (Å²) in [4.78, 5) is 5.47. The van der Waals surface area contributed by atoms with Gasteiger partial charge in [0, 0.05) is 30.6 Å². The molecule has 1 atom stereocenters. The molecule has 1 aromatic heterocycles. The van der Waals surface area contributed by atoms with E-state index in [-0.39, 0.29) is 0 Å². The summed E-state index contributed by atoms with van der Waals surface area (Å²) in [5, 5.41) is 0. The molecule has 1 aromatic rings. The Balaban J connectivity index is 2.19. The topological polar surface area (TPSA) is 43.9 Å². The van der Waals surface area contributed by atoms with Crippen LogP contribution in [0.5, 0.6) is 0 Å². The Kier molecular flexibility index (Phi) is 6.62. The molecule has 0 aliphatic carbocycles. The van der Waals surface area contributed by atoms with Crippen LogP contribution >= 0.6 is 11.3 Å². The maximum atomic E-state index is 13.0. The molecule has 2 rings (SSSR count). The third-order valence-corrected chi connectivity index (χ3v) is 7.76. The van der Waals surface area contributed by atoms with Crippen molar-refractivity contribution >= 4 is 21.4 Å². The van der Waals surface area contributed by atoms with Crippen LogP contribution in [0.25, 0.3) is 0 Å². The number of rotatable bonds is 8. The third-order valence-electron chi connectivity index (χ3n) is 4.43. The normalized spacial score (nSPS) is 20.0. The first-order valence-electron chi connectivity index (χ1n) is 8.30. The fourth-order valence-electron chi connectivity index (χ4n) is 3.05. The highest BCUT2D eigenvalue weighted by Gasteiger charge is 2.32. The lowest BCUT2D eigenvalue weighted by Gasteiger charge is -2.30. The number of nitrogens with zero attached hydrogens (tertiary/aromatic N) is 3. The van der Waals surface area contributed by atoms with E-state index in [0.717, 1.165) is 37.4 Å². The van der Waals surface area contributed by atoms with E-state index >= 15 is 0 Å². The Morgan fingerprint density at radius 1 is 1.30 bits per heavy atom. The number of thiophene rings is 1. The quantitative estimate of drug-likeness (QED) is 0.713. The minimum absolute atomic E-state index is 0.345. The summed E-state index contributed by atoms with van der Waals surface area (Å²) in [6.45, 7) is 8.05. The van der Waals surface area contributed by atoms with Gasteiger partial charge in [-0.25, -0.2) is 8.42 Å². The molecule has 5 nitrogen and oxygen atoms in total. The van der Waals surface area contributed by atoms with Gasteiger partial charge in [-0.2, -0.15) is 4.31 Å². The SMILES string of the molecule is CCN1CCC[C@@H]1CN(CCN(C)C)S(=O)(=O)c1ccc(C)s1. The molecule has 7 heteroatoms. The Morgan fingerprint density at radius 2 is 2.04 bits per heavy atom. The van der Waals surface area contributed by atoms with Gasteiger partial charge in [0.15, 0.2) is 0 Å². The van der Waals surface area contributed by atoms with Crippen molar-refractivity contribution in [1.29, 1.82) is 0 Å². The van der Waals surface area contributed by atoms with E-state index in [0.29, 0.717) is 23.3 Å². The zero-order valence-corrected chi connectivity index (χ0v) is 16.3. The van der Waals surface area contributed by atoms with Gasteiger partial charge in [0.25, 0.3) is 10.0 Å². The highest BCUT2D eigenvalue weighted by atomic mass is 32.2. The summed E-state index contributed by atoms with van der Waals surface area (Å²) in [5.74, 6) is 0. The molecular formula is C16H29N3O2S2. The highest BCUT2D eigenvalue weighted by Crippen LogP contribution is 2.26. The lowest BCUT2D eigenvalue weighted by atomic mass is 10.2. The molecular weight excluding hydrogens is 330 g/mol. The molecule has 0 unspecified atom stereocenters. The molecule has 23 heavy (non-hydrogen) atoms. The van der Waals surface area contributed by atoms with Gasteiger partial charge in [-0.15, -0.1) is 11.3 Å². The molecule has 0 bridgehead atoms. The van der Waals surface area contributed by atoms with E-state index in [2.05, 4.69) is 11.8 Å². The first kappa shape index (κ1) is 18.9. The average Bonchev–Trinajstić information content (AvgIpc) is 3.11. The molecule has 1 fully saturated rings. The molecule has 0 aromatic carbocycles.